The lowest BCUT2D eigenvalue weighted by Crippen LogP contribution is -2.36. The molecule has 0 bridgehead atoms. The fourth-order valence-corrected chi connectivity index (χ4v) is 2.85. The number of hydrogen-bond acceptors (Lipinski definition) is 4. The summed E-state index contributed by atoms with van der Waals surface area (Å²) < 4.78 is 5.94. The molecule has 0 aromatic heterocycles. The lowest BCUT2D eigenvalue weighted by atomic mass is 9.92. The van der Waals surface area contributed by atoms with Crippen LogP contribution in [-0.2, 0) is 4.79 Å². The van der Waals surface area contributed by atoms with Gasteiger partial charge < -0.3 is 15.4 Å². The minimum Gasteiger partial charge on any atom is -0.484 e. The zero-order chi connectivity index (χ0) is 19.6. The molecule has 6 nitrogen and oxygen atoms in total. The largest absolute Gasteiger partial charge is 0.484 e. The Hall–Kier alpha value is -3.41. The summed E-state index contributed by atoms with van der Waals surface area (Å²) in [5.41, 5.74) is 1.25. The molecular formula is C21H20N2O4. The van der Waals surface area contributed by atoms with E-state index in [1.165, 1.54) is 6.08 Å². The van der Waals surface area contributed by atoms with E-state index in [0.717, 1.165) is 0 Å². The number of ketones is 1. The first kappa shape index (κ1) is 18.4. The van der Waals surface area contributed by atoms with Crippen LogP contribution in [0.5, 0.6) is 5.75 Å². The molecule has 138 valence electrons. The Labute approximate surface area is 157 Å². The standard InChI is InChI=1S/C21H20N2O4/c1-4-18(25)22-14-10-8-13(9-11-14)20(26)23-16-7-5-6-15-17(24)12-21(2,3)27-19(15)16/h4-11H,1,12H2,2-3H3,(H,22,25)(H,23,26). The second-order valence-corrected chi connectivity index (χ2v) is 6.87. The molecule has 0 atom stereocenters. The predicted molar refractivity (Wildman–Crippen MR) is 103 cm³/mol. The van der Waals surface area contributed by atoms with E-state index in [9.17, 15) is 14.4 Å². The Bertz CT molecular complexity index is 930. The van der Waals surface area contributed by atoms with E-state index in [-0.39, 0.29) is 24.0 Å². The molecule has 2 N–H and O–H groups in total. The highest BCUT2D eigenvalue weighted by molar-refractivity contribution is 6.08. The highest BCUT2D eigenvalue weighted by atomic mass is 16.5. The maximum absolute atomic E-state index is 12.6. The fourth-order valence-electron chi connectivity index (χ4n) is 2.85. The SMILES string of the molecule is C=CC(=O)Nc1ccc(C(=O)Nc2cccc3c2OC(C)(C)CC3=O)cc1. The van der Waals surface area contributed by atoms with Crippen LogP contribution in [0.2, 0.25) is 0 Å². The van der Waals surface area contributed by atoms with Crippen LogP contribution in [0.3, 0.4) is 0 Å². The van der Waals surface area contributed by atoms with Crippen molar-refractivity contribution in [3.63, 3.8) is 0 Å². The Kier molecular flexibility index (Phi) is 4.81. The highest BCUT2D eigenvalue weighted by Gasteiger charge is 2.34. The molecule has 0 aliphatic carbocycles. The van der Waals surface area contributed by atoms with Gasteiger partial charge in [0.2, 0.25) is 5.91 Å². The van der Waals surface area contributed by atoms with Crippen LogP contribution in [0.4, 0.5) is 11.4 Å². The van der Waals surface area contributed by atoms with Gasteiger partial charge in [-0.15, -0.1) is 0 Å². The average Bonchev–Trinajstić information content (AvgIpc) is 2.62. The lowest BCUT2D eigenvalue weighted by Gasteiger charge is -2.32. The van der Waals surface area contributed by atoms with Gasteiger partial charge in [-0.2, -0.15) is 0 Å². The maximum Gasteiger partial charge on any atom is 0.255 e. The molecule has 27 heavy (non-hydrogen) atoms. The normalized spacial score (nSPS) is 14.5. The van der Waals surface area contributed by atoms with E-state index >= 15 is 0 Å². The van der Waals surface area contributed by atoms with Crippen LogP contribution in [0.1, 0.15) is 41.0 Å². The van der Waals surface area contributed by atoms with Gasteiger partial charge in [0.05, 0.1) is 17.7 Å². The van der Waals surface area contributed by atoms with E-state index in [1.54, 1.807) is 42.5 Å². The number of amides is 2. The third-order valence-electron chi connectivity index (χ3n) is 4.13. The van der Waals surface area contributed by atoms with Crippen LogP contribution in [0.25, 0.3) is 0 Å². The molecule has 0 fully saturated rings. The summed E-state index contributed by atoms with van der Waals surface area (Å²) in [5, 5.41) is 5.41. The van der Waals surface area contributed by atoms with Crippen molar-refractivity contribution in [3.05, 3.63) is 66.2 Å². The molecule has 0 saturated heterocycles. The molecule has 1 aliphatic heterocycles. The van der Waals surface area contributed by atoms with E-state index < -0.39 is 5.60 Å². The number of nitrogens with one attached hydrogen (secondary N) is 2. The van der Waals surface area contributed by atoms with Gasteiger partial charge in [0.15, 0.2) is 11.5 Å². The molecule has 2 aromatic rings. The number of rotatable bonds is 4. The third-order valence-corrected chi connectivity index (χ3v) is 4.13. The smallest absolute Gasteiger partial charge is 0.255 e. The number of para-hydroxylation sites is 1. The van der Waals surface area contributed by atoms with Gasteiger partial charge in [-0.1, -0.05) is 12.6 Å². The number of carbonyl (C=O) groups is 3. The Balaban J connectivity index is 1.81. The molecule has 0 saturated carbocycles. The summed E-state index contributed by atoms with van der Waals surface area (Å²) in [5.74, 6) is -0.293. The molecule has 6 heteroatoms. The van der Waals surface area contributed by atoms with Crippen molar-refractivity contribution in [3.8, 4) is 5.75 Å². The second kappa shape index (κ2) is 7.07. The quantitative estimate of drug-likeness (QED) is 0.808. The zero-order valence-electron chi connectivity index (χ0n) is 15.2. The van der Waals surface area contributed by atoms with Crippen molar-refractivity contribution in [2.45, 2.75) is 25.9 Å². The summed E-state index contributed by atoms with van der Waals surface area (Å²) in [6.45, 7) is 7.06. The second-order valence-electron chi connectivity index (χ2n) is 6.87. The molecular weight excluding hydrogens is 344 g/mol. The van der Waals surface area contributed by atoms with Gasteiger partial charge in [-0.3, -0.25) is 14.4 Å². The van der Waals surface area contributed by atoms with Crippen molar-refractivity contribution >= 4 is 29.0 Å². The number of ether oxygens (including phenoxy) is 1. The van der Waals surface area contributed by atoms with Gasteiger partial charge in [0.25, 0.3) is 5.91 Å². The Morgan fingerprint density at radius 2 is 1.81 bits per heavy atom. The summed E-state index contributed by atoms with van der Waals surface area (Å²) in [6.07, 6.45) is 1.46. The van der Waals surface area contributed by atoms with Crippen molar-refractivity contribution < 1.29 is 19.1 Å². The zero-order valence-corrected chi connectivity index (χ0v) is 15.2. The van der Waals surface area contributed by atoms with Crippen LogP contribution < -0.4 is 15.4 Å². The van der Waals surface area contributed by atoms with Crippen molar-refractivity contribution in [2.24, 2.45) is 0 Å². The van der Waals surface area contributed by atoms with Gasteiger partial charge in [-0.25, -0.2) is 0 Å². The van der Waals surface area contributed by atoms with Crippen molar-refractivity contribution in [2.75, 3.05) is 10.6 Å². The molecule has 2 aromatic carbocycles. The highest BCUT2D eigenvalue weighted by Crippen LogP contribution is 2.38. The molecule has 3 rings (SSSR count). The van der Waals surface area contributed by atoms with Gasteiger partial charge in [0.1, 0.15) is 5.60 Å². The third kappa shape index (κ3) is 4.06. The fraction of sp³-hybridized carbons (Fsp3) is 0.190. The monoisotopic (exact) mass is 364 g/mol. The molecule has 0 radical (unpaired) electrons. The van der Waals surface area contributed by atoms with Crippen LogP contribution >= 0.6 is 0 Å². The summed E-state index contributed by atoms with van der Waals surface area (Å²) in [6, 6.07) is 11.5. The molecule has 0 unspecified atom stereocenters. The van der Waals surface area contributed by atoms with Crippen LogP contribution in [-0.4, -0.2) is 23.2 Å². The number of carbonyl (C=O) groups excluding carboxylic acids is 3. The van der Waals surface area contributed by atoms with Crippen LogP contribution in [0.15, 0.2) is 55.1 Å². The first-order chi connectivity index (χ1) is 12.8. The van der Waals surface area contributed by atoms with Crippen molar-refractivity contribution in [1.82, 2.24) is 0 Å². The Morgan fingerprint density at radius 3 is 2.48 bits per heavy atom. The number of hydrogen-bond donors (Lipinski definition) is 2. The first-order valence-corrected chi connectivity index (χ1v) is 8.49. The van der Waals surface area contributed by atoms with E-state index in [0.29, 0.717) is 28.3 Å². The number of benzene rings is 2. The van der Waals surface area contributed by atoms with Gasteiger partial charge >= 0.3 is 0 Å². The lowest BCUT2D eigenvalue weighted by molar-refractivity contribution is -0.111. The molecule has 2 amide bonds. The molecule has 0 spiro atoms. The van der Waals surface area contributed by atoms with Gasteiger partial charge in [-0.05, 0) is 56.3 Å². The van der Waals surface area contributed by atoms with Gasteiger partial charge in [0, 0.05) is 11.3 Å². The number of anilines is 2. The predicted octanol–water partition coefficient (Wildman–Crippen LogP) is 3.81. The molecule has 1 aliphatic rings. The topological polar surface area (TPSA) is 84.5 Å². The first-order valence-electron chi connectivity index (χ1n) is 8.49. The number of fused-ring (bicyclic) bond motifs is 1. The summed E-state index contributed by atoms with van der Waals surface area (Å²) in [7, 11) is 0. The maximum atomic E-state index is 12.6. The minimum absolute atomic E-state index is 0.0142. The van der Waals surface area contributed by atoms with Crippen molar-refractivity contribution in [1.29, 1.82) is 0 Å². The summed E-state index contributed by atoms with van der Waals surface area (Å²) >= 11 is 0. The van der Waals surface area contributed by atoms with Crippen LogP contribution in [0, 0.1) is 0 Å². The van der Waals surface area contributed by atoms with E-state index in [2.05, 4.69) is 17.2 Å². The Morgan fingerprint density at radius 1 is 1.11 bits per heavy atom. The average molecular weight is 364 g/mol. The summed E-state index contributed by atoms with van der Waals surface area (Å²) in [4.78, 5) is 36.2. The van der Waals surface area contributed by atoms with E-state index in [1.807, 2.05) is 13.8 Å². The number of Topliss-reactive ketones (excluding diaryl/α,β-unsaturated/α-hetero) is 1. The minimum atomic E-state index is -0.629. The van der Waals surface area contributed by atoms with E-state index in [4.69, 9.17) is 4.74 Å². The molecule has 1 heterocycles.